The zero-order valence-corrected chi connectivity index (χ0v) is 11.7. The van der Waals surface area contributed by atoms with Crippen molar-refractivity contribution in [2.24, 2.45) is 5.73 Å². The van der Waals surface area contributed by atoms with Gasteiger partial charge in [0.1, 0.15) is 6.04 Å². The minimum atomic E-state index is -0.896. The Morgan fingerprint density at radius 2 is 2.05 bits per heavy atom. The van der Waals surface area contributed by atoms with Gasteiger partial charge in [-0.2, -0.15) is 0 Å². The third kappa shape index (κ3) is 2.71. The number of methoxy groups -OCH3 is 2. The third-order valence-corrected chi connectivity index (χ3v) is 3.58. The van der Waals surface area contributed by atoms with Gasteiger partial charge in [0.05, 0.1) is 26.4 Å². The van der Waals surface area contributed by atoms with Crippen molar-refractivity contribution < 1.29 is 19.4 Å². The largest absolute Gasteiger partial charge is 0.493 e. The molecule has 1 aromatic rings. The van der Waals surface area contributed by atoms with Crippen LogP contribution in [-0.2, 0) is 10.3 Å². The number of nitrogens with two attached hydrogens (primary N) is 1. The molecule has 0 spiro atoms. The quantitative estimate of drug-likeness (QED) is 0.688. The van der Waals surface area contributed by atoms with Crippen molar-refractivity contribution in [2.45, 2.75) is 24.4 Å². The van der Waals surface area contributed by atoms with Crippen LogP contribution >= 0.6 is 0 Å². The molecular weight excluding hydrogens is 260 g/mol. The van der Waals surface area contributed by atoms with Crippen LogP contribution in [0.2, 0.25) is 0 Å². The Balaban J connectivity index is 2.20. The zero-order chi connectivity index (χ0) is 14.8. The number of nitrogens with one attached hydrogen (secondary N) is 1. The Hall–Kier alpha value is -1.79. The second-order valence-electron chi connectivity index (χ2n) is 4.93. The number of amides is 1. The lowest BCUT2D eigenvalue weighted by Gasteiger charge is -2.21. The third-order valence-electron chi connectivity index (χ3n) is 3.58. The molecule has 6 heteroatoms. The average Bonchev–Trinajstić information content (AvgIpc) is 3.26. The summed E-state index contributed by atoms with van der Waals surface area (Å²) in [6, 6.07) is 4.68. The summed E-state index contributed by atoms with van der Waals surface area (Å²) in [6.07, 6.45) is 1.68. The van der Waals surface area contributed by atoms with Gasteiger partial charge in [0.2, 0.25) is 5.91 Å². The van der Waals surface area contributed by atoms with Gasteiger partial charge in [0, 0.05) is 0 Å². The number of ether oxygens (including phenoxy) is 2. The fraction of sp³-hybridized carbons (Fsp3) is 0.500. The van der Waals surface area contributed by atoms with Crippen molar-refractivity contribution in [3.8, 4) is 11.5 Å². The molecule has 1 fully saturated rings. The predicted octanol–water partition coefficient (Wildman–Crippen LogP) is 0.129. The molecule has 0 heterocycles. The smallest absolute Gasteiger partial charge is 0.239 e. The van der Waals surface area contributed by atoms with Gasteiger partial charge in [-0.3, -0.25) is 4.79 Å². The molecule has 2 rings (SSSR count). The molecule has 1 amide bonds. The fourth-order valence-corrected chi connectivity index (χ4v) is 2.16. The van der Waals surface area contributed by atoms with E-state index in [0.717, 1.165) is 18.4 Å². The monoisotopic (exact) mass is 280 g/mol. The molecule has 4 N–H and O–H groups in total. The average molecular weight is 280 g/mol. The minimum absolute atomic E-state index is 0.347. The van der Waals surface area contributed by atoms with E-state index < -0.39 is 11.6 Å². The Labute approximate surface area is 117 Å². The Bertz CT molecular complexity index is 500. The standard InChI is InChI=1S/C14H20N2O4/c1-19-11-4-3-9(7-12(11)20-2)14(5-6-14)16-13(18)10(15)8-17/h3-4,7,10,17H,5-6,8,15H2,1-2H3,(H,16,18). The molecule has 0 aliphatic heterocycles. The molecule has 1 aromatic carbocycles. The Morgan fingerprint density at radius 1 is 1.40 bits per heavy atom. The van der Waals surface area contributed by atoms with Crippen molar-refractivity contribution >= 4 is 5.91 Å². The first-order valence-corrected chi connectivity index (χ1v) is 6.47. The Morgan fingerprint density at radius 3 is 2.55 bits per heavy atom. The molecule has 0 radical (unpaired) electrons. The van der Waals surface area contributed by atoms with Crippen LogP contribution in [0.15, 0.2) is 18.2 Å². The molecular formula is C14H20N2O4. The fourth-order valence-electron chi connectivity index (χ4n) is 2.16. The van der Waals surface area contributed by atoms with Crippen molar-refractivity contribution in [3.63, 3.8) is 0 Å². The van der Waals surface area contributed by atoms with Crippen LogP contribution in [0.4, 0.5) is 0 Å². The number of aliphatic hydroxyl groups is 1. The van der Waals surface area contributed by atoms with E-state index in [-0.39, 0.29) is 12.5 Å². The topological polar surface area (TPSA) is 93.8 Å². The molecule has 1 atom stereocenters. The molecule has 20 heavy (non-hydrogen) atoms. The summed E-state index contributed by atoms with van der Waals surface area (Å²) in [5, 5.41) is 11.8. The second-order valence-corrected chi connectivity index (χ2v) is 4.93. The highest BCUT2D eigenvalue weighted by Crippen LogP contribution is 2.47. The summed E-state index contributed by atoms with van der Waals surface area (Å²) in [5.74, 6) is 0.919. The molecule has 6 nitrogen and oxygen atoms in total. The first-order valence-electron chi connectivity index (χ1n) is 6.47. The molecule has 0 saturated heterocycles. The summed E-state index contributed by atoms with van der Waals surface area (Å²) in [5.41, 5.74) is 6.08. The summed E-state index contributed by atoms with van der Waals surface area (Å²) in [4.78, 5) is 11.8. The van der Waals surface area contributed by atoms with E-state index in [2.05, 4.69) is 5.32 Å². The van der Waals surface area contributed by atoms with Gasteiger partial charge in [-0.15, -0.1) is 0 Å². The van der Waals surface area contributed by atoms with E-state index in [0.29, 0.717) is 11.5 Å². The highest BCUT2D eigenvalue weighted by molar-refractivity contribution is 5.83. The van der Waals surface area contributed by atoms with Crippen molar-refractivity contribution in [1.82, 2.24) is 5.32 Å². The van der Waals surface area contributed by atoms with Crippen LogP contribution in [0.5, 0.6) is 11.5 Å². The number of carbonyl (C=O) groups excluding carboxylic acids is 1. The van der Waals surface area contributed by atoms with Gasteiger partial charge in [0.25, 0.3) is 0 Å². The lowest BCUT2D eigenvalue weighted by molar-refractivity contribution is -0.124. The van der Waals surface area contributed by atoms with Crippen LogP contribution in [0.25, 0.3) is 0 Å². The lowest BCUT2D eigenvalue weighted by Crippen LogP contribution is -2.47. The van der Waals surface area contributed by atoms with E-state index in [1.165, 1.54) is 0 Å². The van der Waals surface area contributed by atoms with E-state index in [4.69, 9.17) is 20.3 Å². The maximum absolute atomic E-state index is 11.8. The summed E-state index contributed by atoms with van der Waals surface area (Å²) in [6.45, 7) is -0.367. The normalized spacial score (nSPS) is 17.2. The maximum Gasteiger partial charge on any atom is 0.239 e. The van der Waals surface area contributed by atoms with E-state index in [1.807, 2.05) is 18.2 Å². The molecule has 1 saturated carbocycles. The van der Waals surface area contributed by atoms with Crippen LogP contribution in [0, 0.1) is 0 Å². The maximum atomic E-state index is 11.8. The van der Waals surface area contributed by atoms with Crippen LogP contribution < -0.4 is 20.5 Å². The van der Waals surface area contributed by atoms with Gasteiger partial charge in [-0.1, -0.05) is 6.07 Å². The highest BCUT2D eigenvalue weighted by atomic mass is 16.5. The second kappa shape index (κ2) is 5.68. The van der Waals surface area contributed by atoms with Crippen molar-refractivity contribution in [2.75, 3.05) is 20.8 Å². The van der Waals surface area contributed by atoms with E-state index in [1.54, 1.807) is 14.2 Å². The van der Waals surface area contributed by atoms with E-state index in [9.17, 15) is 4.79 Å². The summed E-state index contributed by atoms with van der Waals surface area (Å²) >= 11 is 0. The van der Waals surface area contributed by atoms with Crippen LogP contribution in [-0.4, -0.2) is 37.9 Å². The SMILES string of the molecule is COc1ccc(C2(NC(=O)C(N)CO)CC2)cc1OC. The van der Waals surface area contributed by atoms with Crippen LogP contribution in [0.3, 0.4) is 0 Å². The van der Waals surface area contributed by atoms with Gasteiger partial charge in [0.15, 0.2) is 11.5 Å². The molecule has 1 aliphatic carbocycles. The summed E-state index contributed by atoms with van der Waals surface area (Å²) in [7, 11) is 3.15. The highest BCUT2D eigenvalue weighted by Gasteiger charge is 2.46. The summed E-state index contributed by atoms with van der Waals surface area (Å²) < 4.78 is 10.5. The Kier molecular flexibility index (Phi) is 4.15. The molecule has 0 aromatic heterocycles. The number of rotatable bonds is 6. The number of hydrogen-bond acceptors (Lipinski definition) is 5. The molecule has 110 valence electrons. The van der Waals surface area contributed by atoms with Crippen molar-refractivity contribution in [1.29, 1.82) is 0 Å². The first kappa shape index (κ1) is 14.6. The van der Waals surface area contributed by atoms with Gasteiger partial charge < -0.3 is 25.6 Å². The molecule has 1 aliphatic rings. The van der Waals surface area contributed by atoms with Gasteiger partial charge in [-0.05, 0) is 30.5 Å². The molecule has 0 bridgehead atoms. The number of carbonyl (C=O) groups is 1. The molecule has 1 unspecified atom stereocenters. The number of hydrogen-bond donors (Lipinski definition) is 3. The lowest BCUT2D eigenvalue weighted by atomic mass is 10.0. The minimum Gasteiger partial charge on any atom is -0.493 e. The van der Waals surface area contributed by atoms with Gasteiger partial charge >= 0.3 is 0 Å². The van der Waals surface area contributed by atoms with Gasteiger partial charge in [-0.25, -0.2) is 0 Å². The van der Waals surface area contributed by atoms with Crippen molar-refractivity contribution in [3.05, 3.63) is 23.8 Å². The number of aliphatic hydroxyl groups excluding tert-OH is 1. The van der Waals surface area contributed by atoms with Crippen LogP contribution in [0.1, 0.15) is 18.4 Å². The first-order chi connectivity index (χ1) is 9.56. The zero-order valence-electron chi connectivity index (χ0n) is 11.7. The number of benzene rings is 1. The van der Waals surface area contributed by atoms with E-state index >= 15 is 0 Å². The predicted molar refractivity (Wildman–Crippen MR) is 73.7 cm³/mol.